The lowest BCUT2D eigenvalue weighted by Crippen LogP contribution is -2.12. The fourth-order valence-corrected chi connectivity index (χ4v) is 1.08. The Morgan fingerprint density at radius 2 is 1.60 bits per heavy atom. The Hall–Kier alpha value is -1.91. The Kier molecular flexibility index (Phi) is 3.38. The molecule has 0 unspecified atom stereocenters. The SMILES string of the molecule is COC(=O)c1ccc(F)cc1C(=O)OC. The number of methoxy groups -OCH3 is 2. The van der Waals surface area contributed by atoms with Crippen molar-refractivity contribution in [2.45, 2.75) is 0 Å². The number of halogens is 1. The number of benzene rings is 1. The van der Waals surface area contributed by atoms with Crippen molar-refractivity contribution in [3.63, 3.8) is 0 Å². The maximum absolute atomic E-state index is 12.9. The van der Waals surface area contributed by atoms with Crippen molar-refractivity contribution >= 4 is 11.9 Å². The van der Waals surface area contributed by atoms with Gasteiger partial charge in [-0.05, 0) is 18.2 Å². The molecule has 0 saturated carbocycles. The maximum Gasteiger partial charge on any atom is 0.338 e. The van der Waals surface area contributed by atoms with Crippen LogP contribution in [0.15, 0.2) is 18.2 Å². The van der Waals surface area contributed by atoms with Crippen LogP contribution < -0.4 is 0 Å². The number of hydrogen-bond acceptors (Lipinski definition) is 4. The Balaban J connectivity index is 3.26. The molecular weight excluding hydrogens is 203 g/mol. The molecule has 0 bridgehead atoms. The van der Waals surface area contributed by atoms with Gasteiger partial charge >= 0.3 is 11.9 Å². The number of ether oxygens (including phenoxy) is 2. The van der Waals surface area contributed by atoms with Crippen LogP contribution in [0.1, 0.15) is 20.7 Å². The van der Waals surface area contributed by atoms with Gasteiger partial charge < -0.3 is 9.47 Å². The Morgan fingerprint density at radius 3 is 2.13 bits per heavy atom. The van der Waals surface area contributed by atoms with Gasteiger partial charge in [-0.2, -0.15) is 0 Å². The van der Waals surface area contributed by atoms with E-state index in [0.717, 1.165) is 19.2 Å². The van der Waals surface area contributed by atoms with E-state index < -0.39 is 17.8 Å². The maximum atomic E-state index is 12.9. The molecular formula is C10H9FO4. The minimum absolute atomic E-state index is 0.0225. The van der Waals surface area contributed by atoms with E-state index in [1.165, 1.54) is 13.2 Å². The van der Waals surface area contributed by atoms with Gasteiger partial charge in [0.05, 0.1) is 25.3 Å². The second kappa shape index (κ2) is 4.54. The molecule has 0 aliphatic rings. The van der Waals surface area contributed by atoms with Crippen molar-refractivity contribution < 1.29 is 23.5 Å². The minimum atomic E-state index is -0.782. The predicted molar refractivity (Wildman–Crippen MR) is 49.1 cm³/mol. The standard InChI is InChI=1S/C10H9FO4/c1-14-9(12)7-4-3-6(11)5-8(7)10(13)15-2/h3-5H,1-2H3. The summed E-state index contributed by atoms with van der Waals surface area (Å²) in [6.45, 7) is 0. The van der Waals surface area contributed by atoms with Gasteiger partial charge in [-0.25, -0.2) is 14.0 Å². The highest BCUT2D eigenvalue weighted by Gasteiger charge is 2.18. The third kappa shape index (κ3) is 2.31. The van der Waals surface area contributed by atoms with Crippen LogP contribution in [0.5, 0.6) is 0 Å². The zero-order chi connectivity index (χ0) is 11.4. The minimum Gasteiger partial charge on any atom is -0.465 e. The van der Waals surface area contributed by atoms with Crippen LogP contribution in [-0.2, 0) is 9.47 Å². The van der Waals surface area contributed by atoms with E-state index in [1.54, 1.807) is 0 Å². The lowest BCUT2D eigenvalue weighted by Gasteiger charge is -2.05. The molecule has 0 aliphatic carbocycles. The summed E-state index contributed by atoms with van der Waals surface area (Å²) in [4.78, 5) is 22.4. The lowest BCUT2D eigenvalue weighted by molar-refractivity contribution is 0.0555. The Bertz CT molecular complexity index is 400. The van der Waals surface area contributed by atoms with Gasteiger partial charge in [0.1, 0.15) is 5.82 Å². The topological polar surface area (TPSA) is 52.6 Å². The van der Waals surface area contributed by atoms with E-state index in [0.29, 0.717) is 0 Å². The normalized spacial score (nSPS) is 9.53. The molecule has 0 heterocycles. The molecule has 1 aromatic carbocycles. The van der Waals surface area contributed by atoms with E-state index in [1.807, 2.05) is 0 Å². The summed E-state index contributed by atoms with van der Waals surface area (Å²) in [6.07, 6.45) is 0. The van der Waals surface area contributed by atoms with Gasteiger partial charge in [-0.1, -0.05) is 0 Å². The zero-order valence-electron chi connectivity index (χ0n) is 8.24. The summed E-state index contributed by atoms with van der Waals surface area (Å²) in [7, 11) is 2.32. The van der Waals surface area contributed by atoms with Gasteiger partial charge in [0.2, 0.25) is 0 Å². The molecule has 0 aliphatic heterocycles. The molecule has 5 heteroatoms. The fourth-order valence-electron chi connectivity index (χ4n) is 1.08. The number of carbonyl (C=O) groups excluding carboxylic acids is 2. The Morgan fingerprint density at radius 1 is 1.07 bits per heavy atom. The summed E-state index contributed by atoms with van der Waals surface area (Å²) < 4.78 is 21.7. The molecule has 4 nitrogen and oxygen atoms in total. The van der Waals surface area contributed by atoms with Gasteiger partial charge in [0, 0.05) is 0 Å². The quantitative estimate of drug-likeness (QED) is 0.695. The molecule has 0 fully saturated rings. The molecule has 0 amide bonds. The number of esters is 2. The van der Waals surface area contributed by atoms with Gasteiger partial charge in [-0.15, -0.1) is 0 Å². The highest BCUT2D eigenvalue weighted by atomic mass is 19.1. The molecule has 1 aromatic rings. The van der Waals surface area contributed by atoms with Gasteiger partial charge in [0.15, 0.2) is 0 Å². The van der Waals surface area contributed by atoms with E-state index in [-0.39, 0.29) is 11.1 Å². The fraction of sp³-hybridized carbons (Fsp3) is 0.200. The molecule has 0 radical (unpaired) electrons. The molecule has 0 aromatic heterocycles. The summed E-state index contributed by atoms with van der Waals surface area (Å²) in [6, 6.07) is 3.17. The van der Waals surface area contributed by atoms with Crippen molar-refractivity contribution in [1.29, 1.82) is 0 Å². The van der Waals surface area contributed by atoms with Crippen LogP contribution in [-0.4, -0.2) is 26.2 Å². The average Bonchev–Trinajstić information content (AvgIpc) is 2.26. The van der Waals surface area contributed by atoms with E-state index in [4.69, 9.17) is 0 Å². The second-order valence-electron chi connectivity index (χ2n) is 2.67. The lowest BCUT2D eigenvalue weighted by atomic mass is 10.1. The molecule has 15 heavy (non-hydrogen) atoms. The summed E-state index contributed by atoms with van der Waals surface area (Å²) >= 11 is 0. The molecule has 0 atom stereocenters. The van der Waals surface area contributed by atoms with E-state index in [2.05, 4.69) is 9.47 Å². The molecule has 0 N–H and O–H groups in total. The molecule has 0 spiro atoms. The molecule has 0 saturated heterocycles. The van der Waals surface area contributed by atoms with E-state index >= 15 is 0 Å². The largest absolute Gasteiger partial charge is 0.465 e. The van der Waals surface area contributed by atoms with Crippen LogP contribution in [0.25, 0.3) is 0 Å². The van der Waals surface area contributed by atoms with Crippen LogP contribution in [0.2, 0.25) is 0 Å². The van der Waals surface area contributed by atoms with Crippen LogP contribution in [0.3, 0.4) is 0 Å². The first-order chi connectivity index (χ1) is 7.10. The summed E-state index contributed by atoms with van der Waals surface area (Å²) in [5.74, 6) is -2.12. The highest BCUT2D eigenvalue weighted by molar-refractivity contribution is 6.03. The van der Waals surface area contributed by atoms with Crippen LogP contribution in [0, 0.1) is 5.82 Å². The summed E-state index contributed by atoms with van der Waals surface area (Å²) in [5, 5.41) is 0. The van der Waals surface area contributed by atoms with Crippen molar-refractivity contribution in [2.24, 2.45) is 0 Å². The van der Waals surface area contributed by atoms with Crippen LogP contribution in [0.4, 0.5) is 4.39 Å². The van der Waals surface area contributed by atoms with Gasteiger partial charge in [0.25, 0.3) is 0 Å². The van der Waals surface area contributed by atoms with E-state index in [9.17, 15) is 14.0 Å². The first-order valence-electron chi connectivity index (χ1n) is 4.06. The van der Waals surface area contributed by atoms with Crippen molar-refractivity contribution in [3.05, 3.63) is 35.1 Å². The third-order valence-electron chi connectivity index (χ3n) is 1.79. The third-order valence-corrected chi connectivity index (χ3v) is 1.79. The smallest absolute Gasteiger partial charge is 0.338 e. The highest BCUT2D eigenvalue weighted by Crippen LogP contribution is 2.13. The first-order valence-corrected chi connectivity index (χ1v) is 4.06. The Labute approximate surface area is 85.6 Å². The molecule has 80 valence electrons. The number of carbonyl (C=O) groups is 2. The average molecular weight is 212 g/mol. The first kappa shape index (κ1) is 11.2. The molecule has 1 rings (SSSR count). The van der Waals surface area contributed by atoms with Gasteiger partial charge in [-0.3, -0.25) is 0 Å². The second-order valence-corrected chi connectivity index (χ2v) is 2.67. The van der Waals surface area contributed by atoms with Crippen molar-refractivity contribution in [2.75, 3.05) is 14.2 Å². The van der Waals surface area contributed by atoms with Crippen LogP contribution >= 0.6 is 0 Å². The predicted octanol–water partition coefficient (Wildman–Crippen LogP) is 1.40. The van der Waals surface area contributed by atoms with Crippen molar-refractivity contribution in [1.82, 2.24) is 0 Å². The monoisotopic (exact) mass is 212 g/mol. The summed E-state index contributed by atoms with van der Waals surface area (Å²) in [5.41, 5.74) is -0.171. The zero-order valence-corrected chi connectivity index (χ0v) is 8.24. The number of rotatable bonds is 2. The number of hydrogen-bond donors (Lipinski definition) is 0. The van der Waals surface area contributed by atoms with Crippen molar-refractivity contribution in [3.8, 4) is 0 Å².